The van der Waals surface area contributed by atoms with Gasteiger partial charge in [-0.1, -0.05) is 27.5 Å². The lowest BCUT2D eigenvalue weighted by atomic mass is 10.2. The first-order valence-corrected chi connectivity index (χ1v) is 7.38. The molecule has 1 saturated heterocycles. The monoisotopic (exact) mass is 414 g/mol. The molecule has 0 saturated carbocycles. The first-order chi connectivity index (χ1) is 7.61. The lowest BCUT2D eigenvalue weighted by Crippen LogP contribution is -2.25. The maximum atomic E-state index is 11.8. The van der Waals surface area contributed by atoms with Gasteiger partial charge in [0, 0.05) is 18.3 Å². The van der Waals surface area contributed by atoms with E-state index in [0.717, 1.165) is 8.90 Å². The Labute approximate surface area is 121 Å². The number of hydrogen-bond acceptors (Lipinski definition) is 2. The summed E-state index contributed by atoms with van der Waals surface area (Å²) in [5, 5.41) is 1.29. The van der Waals surface area contributed by atoms with Gasteiger partial charge in [0.15, 0.2) is 0 Å². The van der Waals surface area contributed by atoms with E-state index in [4.69, 9.17) is 11.6 Å². The van der Waals surface area contributed by atoms with Gasteiger partial charge in [-0.2, -0.15) is 0 Å². The van der Waals surface area contributed by atoms with E-state index in [0.29, 0.717) is 29.9 Å². The molecule has 2 rings (SSSR count). The summed E-state index contributed by atoms with van der Waals surface area (Å²) in [6.45, 7) is 0.716. The van der Waals surface area contributed by atoms with Gasteiger partial charge < -0.3 is 0 Å². The molecule has 16 heavy (non-hydrogen) atoms. The van der Waals surface area contributed by atoms with Crippen molar-refractivity contribution in [3.05, 3.63) is 20.9 Å². The topological polar surface area (TPSA) is 33.2 Å². The van der Waals surface area contributed by atoms with Crippen molar-refractivity contribution < 1.29 is 4.79 Å². The van der Waals surface area contributed by atoms with Crippen LogP contribution in [0.5, 0.6) is 0 Å². The zero-order chi connectivity index (χ0) is 11.7. The number of carbonyl (C=O) groups excluding carboxylic acids is 1. The van der Waals surface area contributed by atoms with Crippen LogP contribution in [0, 0.1) is 9.49 Å². The molecule has 1 fully saturated rings. The number of anilines is 1. The molecule has 0 N–H and O–H groups in total. The van der Waals surface area contributed by atoms with Gasteiger partial charge in [0.1, 0.15) is 11.0 Å². The van der Waals surface area contributed by atoms with E-state index in [1.165, 1.54) is 0 Å². The molecule has 1 aromatic rings. The molecule has 0 aliphatic carbocycles. The largest absolute Gasteiger partial charge is 0.296 e. The number of amides is 1. The molecule has 86 valence electrons. The molecule has 1 aromatic heterocycles. The number of alkyl halides is 1. The van der Waals surface area contributed by atoms with Crippen LogP contribution in [0.4, 0.5) is 5.82 Å². The van der Waals surface area contributed by atoms with Crippen LogP contribution in [0.25, 0.3) is 0 Å². The van der Waals surface area contributed by atoms with Gasteiger partial charge in [-0.05, 0) is 40.6 Å². The Balaban J connectivity index is 2.24. The lowest BCUT2D eigenvalue weighted by molar-refractivity contribution is -0.117. The van der Waals surface area contributed by atoms with Crippen LogP contribution in [0.3, 0.4) is 0 Å². The standard InChI is InChI=1S/C10H9BrClIN2O/c11-4-6-3-9(16)15(5-6)8-2-1-7(13)10(12)14-8/h1-2,6H,3-5H2. The molecule has 1 atom stereocenters. The Kier molecular flexibility index (Phi) is 4.07. The van der Waals surface area contributed by atoms with E-state index in [1.54, 1.807) is 4.90 Å². The van der Waals surface area contributed by atoms with Gasteiger partial charge >= 0.3 is 0 Å². The van der Waals surface area contributed by atoms with Gasteiger partial charge in [0.05, 0.1) is 3.57 Å². The average Bonchev–Trinajstić information content (AvgIpc) is 2.64. The third-order valence-corrected chi connectivity index (χ3v) is 4.88. The van der Waals surface area contributed by atoms with Crippen LogP contribution in [-0.4, -0.2) is 22.8 Å². The van der Waals surface area contributed by atoms with E-state index in [-0.39, 0.29) is 5.91 Å². The summed E-state index contributed by atoms with van der Waals surface area (Å²) >= 11 is 11.5. The predicted octanol–water partition coefficient (Wildman–Crippen LogP) is 3.09. The van der Waals surface area contributed by atoms with Crippen molar-refractivity contribution in [2.45, 2.75) is 6.42 Å². The normalized spacial score (nSPS) is 20.6. The fourth-order valence-corrected chi connectivity index (χ4v) is 2.55. The van der Waals surface area contributed by atoms with Crippen molar-refractivity contribution in [1.82, 2.24) is 4.98 Å². The molecule has 0 radical (unpaired) electrons. The highest BCUT2D eigenvalue weighted by Gasteiger charge is 2.30. The van der Waals surface area contributed by atoms with Crippen molar-refractivity contribution in [2.24, 2.45) is 5.92 Å². The Morgan fingerprint density at radius 1 is 1.62 bits per heavy atom. The van der Waals surface area contributed by atoms with E-state index in [9.17, 15) is 4.79 Å². The average molecular weight is 415 g/mol. The number of hydrogen-bond donors (Lipinski definition) is 0. The highest BCUT2D eigenvalue weighted by atomic mass is 127. The summed E-state index contributed by atoms with van der Waals surface area (Å²) in [4.78, 5) is 17.7. The number of pyridine rings is 1. The van der Waals surface area contributed by atoms with Crippen LogP contribution in [0.15, 0.2) is 12.1 Å². The second kappa shape index (κ2) is 5.18. The molecular formula is C10H9BrClIN2O. The van der Waals surface area contributed by atoms with E-state index in [1.807, 2.05) is 12.1 Å². The number of halogens is 3. The molecule has 2 heterocycles. The number of nitrogens with zero attached hydrogens (tertiary/aromatic N) is 2. The van der Waals surface area contributed by atoms with Crippen LogP contribution in [0.2, 0.25) is 5.15 Å². The van der Waals surface area contributed by atoms with Crippen LogP contribution < -0.4 is 4.90 Å². The second-order valence-corrected chi connectivity index (χ2v) is 5.84. The zero-order valence-electron chi connectivity index (χ0n) is 8.29. The van der Waals surface area contributed by atoms with E-state index < -0.39 is 0 Å². The molecule has 1 unspecified atom stereocenters. The smallest absolute Gasteiger partial charge is 0.228 e. The summed E-state index contributed by atoms with van der Waals surface area (Å²) in [6.07, 6.45) is 0.580. The highest BCUT2D eigenvalue weighted by Crippen LogP contribution is 2.27. The fraction of sp³-hybridized carbons (Fsp3) is 0.400. The van der Waals surface area contributed by atoms with Crippen LogP contribution >= 0.6 is 50.1 Å². The Morgan fingerprint density at radius 3 is 2.94 bits per heavy atom. The highest BCUT2D eigenvalue weighted by molar-refractivity contribution is 14.1. The van der Waals surface area contributed by atoms with E-state index >= 15 is 0 Å². The third-order valence-electron chi connectivity index (χ3n) is 2.49. The first kappa shape index (κ1) is 12.6. The second-order valence-electron chi connectivity index (χ2n) is 3.67. The summed E-state index contributed by atoms with van der Waals surface area (Å²) in [6, 6.07) is 3.71. The van der Waals surface area contributed by atoms with Gasteiger partial charge in [0.2, 0.25) is 5.91 Å². The maximum absolute atomic E-state index is 11.8. The number of aromatic nitrogens is 1. The maximum Gasteiger partial charge on any atom is 0.228 e. The molecular weight excluding hydrogens is 406 g/mol. The number of rotatable bonds is 2. The van der Waals surface area contributed by atoms with Crippen molar-refractivity contribution in [3.63, 3.8) is 0 Å². The SMILES string of the molecule is O=C1CC(CBr)CN1c1ccc(I)c(Cl)n1. The molecule has 1 aliphatic rings. The third kappa shape index (κ3) is 2.51. The minimum Gasteiger partial charge on any atom is -0.296 e. The van der Waals surface area contributed by atoms with Crippen molar-refractivity contribution >= 4 is 61.8 Å². The summed E-state index contributed by atoms with van der Waals surface area (Å²) in [7, 11) is 0. The lowest BCUT2D eigenvalue weighted by Gasteiger charge is -2.15. The Morgan fingerprint density at radius 2 is 2.38 bits per heavy atom. The van der Waals surface area contributed by atoms with Gasteiger partial charge in [0.25, 0.3) is 0 Å². The summed E-state index contributed by atoms with van der Waals surface area (Å²) in [5.74, 6) is 1.14. The first-order valence-electron chi connectivity index (χ1n) is 4.80. The Hall–Kier alpha value is 0.120. The number of carbonyl (C=O) groups is 1. The van der Waals surface area contributed by atoms with Crippen LogP contribution in [-0.2, 0) is 4.79 Å². The zero-order valence-corrected chi connectivity index (χ0v) is 12.8. The predicted molar refractivity (Wildman–Crippen MR) is 76.2 cm³/mol. The van der Waals surface area contributed by atoms with Gasteiger partial charge in [-0.15, -0.1) is 0 Å². The molecule has 1 amide bonds. The minimum absolute atomic E-state index is 0.120. The van der Waals surface area contributed by atoms with Gasteiger partial charge in [-0.3, -0.25) is 9.69 Å². The Bertz CT molecular complexity index is 429. The molecule has 0 aromatic carbocycles. The molecule has 6 heteroatoms. The molecule has 0 bridgehead atoms. The van der Waals surface area contributed by atoms with Crippen molar-refractivity contribution in [3.8, 4) is 0 Å². The fourth-order valence-electron chi connectivity index (χ4n) is 1.66. The van der Waals surface area contributed by atoms with Crippen molar-refractivity contribution in [1.29, 1.82) is 0 Å². The minimum atomic E-state index is 0.120. The summed E-state index contributed by atoms with van der Waals surface area (Å²) < 4.78 is 0.895. The van der Waals surface area contributed by atoms with Crippen molar-refractivity contribution in [2.75, 3.05) is 16.8 Å². The molecule has 3 nitrogen and oxygen atoms in total. The van der Waals surface area contributed by atoms with E-state index in [2.05, 4.69) is 43.5 Å². The quantitative estimate of drug-likeness (QED) is 0.423. The van der Waals surface area contributed by atoms with Crippen LogP contribution in [0.1, 0.15) is 6.42 Å². The van der Waals surface area contributed by atoms with Gasteiger partial charge in [-0.25, -0.2) is 4.98 Å². The molecule has 0 spiro atoms. The summed E-state index contributed by atoms with van der Waals surface area (Å²) in [5.41, 5.74) is 0. The molecule has 1 aliphatic heterocycles.